The maximum Gasteiger partial charge on any atom is 0.134 e. The zero-order valence-corrected chi connectivity index (χ0v) is 12.3. The minimum atomic E-state index is -0.0208. The van der Waals surface area contributed by atoms with E-state index in [0.717, 1.165) is 5.75 Å². The van der Waals surface area contributed by atoms with Crippen LogP contribution in [0.25, 0.3) is 0 Å². The van der Waals surface area contributed by atoms with Crippen molar-refractivity contribution in [3.8, 4) is 0 Å². The van der Waals surface area contributed by atoms with Crippen LogP contribution in [0.4, 0.5) is 0 Å². The second kappa shape index (κ2) is 8.18. The van der Waals surface area contributed by atoms with Gasteiger partial charge >= 0.3 is 0 Å². The molecule has 0 saturated heterocycles. The van der Waals surface area contributed by atoms with Crippen molar-refractivity contribution in [2.45, 2.75) is 58.1 Å². The van der Waals surface area contributed by atoms with Gasteiger partial charge in [-0.15, -0.1) is 0 Å². The van der Waals surface area contributed by atoms with Crippen LogP contribution in [-0.2, 0) is 9.59 Å². The van der Waals surface area contributed by atoms with Crippen molar-refractivity contribution in [2.75, 3.05) is 5.75 Å². The van der Waals surface area contributed by atoms with Crippen LogP contribution >= 0.6 is 21.6 Å². The summed E-state index contributed by atoms with van der Waals surface area (Å²) in [6, 6.07) is 0. The molecule has 0 spiro atoms. The highest BCUT2D eigenvalue weighted by Crippen LogP contribution is 2.38. The van der Waals surface area contributed by atoms with Crippen molar-refractivity contribution in [3.63, 3.8) is 0 Å². The molecule has 0 aliphatic rings. The maximum absolute atomic E-state index is 11.3. The van der Waals surface area contributed by atoms with E-state index in [2.05, 4.69) is 13.8 Å². The average Bonchev–Trinajstić information content (AvgIpc) is 2.23. The number of carbonyl (C=O) groups is 2. The Bertz CT molecular complexity index is 237. The molecule has 0 rings (SSSR count). The predicted octanol–water partition coefficient (Wildman–Crippen LogP) is 3.88. The highest BCUT2D eigenvalue weighted by atomic mass is 33.1. The Morgan fingerprint density at radius 3 is 2.12 bits per heavy atom. The number of rotatable bonds is 9. The highest BCUT2D eigenvalue weighted by Gasteiger charge is 2.22. The summed E-state index contributed by atoms with van der Waals surface area (Å²) >= 11 is 0. The monoisotopic (exact) mass is 262 g/mol. The van der Waals surface area contributed by atoms with Crippen LogP contribution in [0.5, 0.6) is 0 Å². The Balaban J connectivity index is 3.73. The van der Waals surface area contributed by atoms with E-state index in [1.54, 1.807) is 21.6 Å². The Morgan fingerprint density at radius 2 is 1.62 bits per heavy atom. The molecule has 0 saturated carbocycles. The minimum absolute atomic E-state index is 0.0208. The van der Waals surface area contributed by atoms with E-state index in [0.29, 0.717) is 37.2 Å². The molecule has 4 heteroatoms. The molecular formula is C12H22O2S2. The first kappa shape index (κ1) is 16.0. The molecule has 0 aliphatic carbocycles. The Kier molecular flexibility index (Phi) is 8.20. The van der Waals surface area contributed by atoms with Gasteiger partial charge in [0, 0.05) is 36.2 Å². The van der Waals surface area contributed by atoms with Gasteiger partial charge in [0.15, 0.2) is 0 Å². The van der Waals surface area contributed by atoms with E-state index >= 15 is 0 Å². The van der Waals surface area contributed by atoms with Crippen molar-refractivity contribution in [2.24, 2.45) is 0 Å². The maximum atomic E-state index is 11.3. The molecule has 16 heavy (non-hydrogen) atoms. The summed E-state index contributed by atoms with van der Waals surface area (Å²) in [5.41, 5.74) is 0. The lowest BCUT2D eigenvalue weighted by molar-refractivity contribution is -0.119. The molecule has 0 amide bonds. The summed E-state index contributed by atoms with van der Waals surface area (Å²) in [5, 5.41) is 0. The zero-order chi connectivity index (χ0) is 12.6. The number of ketones is 2. The SMILES string of the molecule is CCC(=O)CCSSC(C)(C)CC(=O)CC. The van der Waals surface area contributed by atoms with Crippen LogP contribution in [-0.4, -0.2) is 22.1 Å². The third-order valence-electron chi connectivity index (χ3n) is 2.16. The van der Waals surface area contributed by atoms with Gasteiger partial charge in [-0.3, -0.25) is 9.59 Å². The fraction of sp³-hybridized carbons (Fsp3) is 0.833. The van der Waals surface area contributed by atoms with Crippen LogP contribution < -0.4 is 0 Å². The van der Waals surface area contributed by atoms with Gasteiger partial charge in [0.2, 0.25) is 0 Å². The number of hydrogen-bond donors (Lipinski definition) is 0. The molecule has 0 bridgehead atoms. The van der Waals surface area contributed by atoms with Gasteiger partial charge in [0.25, 0.3) is 0 Å². The van der Waals surface area contributed by atoms with Crippen molar-refractivity contribution in [3.05, 3.63) is 0 Å². The molecule has 94 valence electrons. The molecule has 0 radical (unpaired) electrons. The van der Waals surface area contributed by atoms with E-state index in [-0.39, 0.29) is 4.75 Å². The van der Waals surface area contributed by atoms with Crippen LogP contribution in [0, 0.1) is 0 Å². The van der Waals surface area contributed by atoms with Crippen LogP contribution in [0.1, 0.15) is 53.4 Å². The van der Waals surface area contributed by atoms with Gasteiger partial charge < -0.3 is 0 Å². The van der Waals surface area contributed by atoms with Gasteiger partial charge in [-0.25, -0.2) is 0 Å². The lowest BCUT2D eigenvalue weighted by Gasteiger charge is -2.21. The second-order valence-electron chi connectivity index (χ2n) is 4.38. The number of hydrogen-bond acceptors (Lipinski definition) is 4. The van der Waals surface area contributed by atoms with E-state index in [4.69, 9.17) is 0 Å². The quantitative estimate of drug-likeness (QED) is 0.466. The molecule has 0 unspecified atom stereocenters. The molecule has 0 aromatic carbocycles. The molecule has 0 atom stereocenters. The summed E-state index contributed by atoms with van der Waals surface area (Å²) in [4.78, 5) is 22.4. The Morgan fingerprint density at radius 1 is 1.06 bits per heavy atom. The molecular weight excluding hydrogens is 240 g/mol. The first-order valence-electron chi connectivity index (χ1n) is 5.75. The normalized spacial score (nSPS) is 11.5. The van der Waals surface area contributed by atoms with Crippen molar-refractivity contribution in [1.82, 2.24) is 0 Å². The largest absolute Gasteiger partial charge is 0.300 e. The smallest absolute Gasteiger partial charge is 0.134 e. The average molecular weight is 262 g/mol. The first-order chi connectivity index (χ1) is 7.41. The van der Waals surface area contributed by atoms with Crippen LogP contribution in [0.3, 0.4) is 0 Å². The topological polar surface area (TPSA) is 34.1 Å². The lowest BCUT2D eigenvalue weighted by Crippen LogP contribution is -2.18. The molecule has 0 fully saturated rings. The van der Waals surface area contributed by atoms with Gasteiger partial charge in [0.1, 0.15) is 11.6 Å². The van der Waals surface area contributed by atoms with E-state index < -0.39 is 0 Å². The first-order valence-corrected chi connectivity index (χ1v) is 8.07. The standard InChI is InChI=1S/C12H22O2S2/c1-5-10(13)7-8-15-16-12(3,4)9-11(14)6-2/h5-9H2,1-4H3. The summed E-state index contributed by atoms with van der Waals surface area (Å²) in [5.74, 6) is 1.47. The highest BCUT2D eigenvalue weighted by molar-refractivity contribution is 8.77. The Hall–Kier alpha value is 0.0400. The third kappa shape index (κ3) is 8.22. The summed E-state index contributed by atoms with van der Waals surface area (Å²) < 4.78 is -0.0208. The fourth-order valence-corrected chi connectivity index (χ4v) is 3.73. The van der Waals surface area contributed by atoms with E-state index in [1.165, 1.54) is 0 Å². The fourth-order valence-electron chi connectivity index (χ4n) is 1.16. The van der Waals surface area contributed by atoms with Gasteiger partial charge in [0.05, 0.1) is 0 Å². The van der Waals surface area contributed by atoms with E-state index in [9.17, 15) is 9.59 Å². The lowest BCUT2D eigenvalue weighted by atomic mass is 10.1. The van der Waals surface area contributed by atoms with Crippen LogP contribution in [0.15, 0.2) is 0 Å². The van der Waals surface area contributed by atoms with E-state index in [1.807, 2.05) is 13.8 Å². The van der Waals surface area contributed by atoms with Gasteiger partial charge in [-0.1, -0.05) is 35.4 Å². The Labute approximate surface area is 107 Å². The molecule has 0 aromatic rings. The number of Topliss-reactive ketones (excluding diaryl/α,β-unsaturated/α-hetero) is 2. The molecule has 0 aliphatic heterocycles. The van der Waals surface area contributed by atoms with Crippen molar-refractivity contribution in [1.29, 1.82) is 0 Å². The molecule has 0 heterocycles. The summed E-state index contributed by atoms with van der Waals surface area (Å²) in [7, 11) is 3.42. The third-order valence-corrected chi connectivity index (χ3v) is 5.45. The molecule has 0 aromatic heterocycles. The van der Waals surface area contributed by atoms with Crippen LogP contribution in [0.2, 0.25) is 0 Å². The van der Waals surface area contributed by atoms with Gasteiger partial charge in [-0.2, -0.15) is 0 Å². The van der Waals surface area contributed by atoms with Gasteiger partial charge in [-0.05, 0) is 13.8 Å². The van der Waals surface area contributed by atoms with Crippen molar-refractivity contribution < 1.29 is 9.59 Å². The number of carbonyl (C=O) groups excluding carboxylic acids is 2. The molecule has 0 N–H and O–H groups in total. The second-order valence-corrected chi connectivity index (χ2v) is 7.50. The summed E-state index contributed by atoms with van der Waals surface area (Å²) in [6.07, 6.45) is 2.50. The zero-order valence-electron chi connectivity index (χ0n) is 10.7. The minimum Gasteiger partial charge on any atom is -0.300 e. The summed E-state index contributed by atoms with van der Waals surface area (Å²) in [6.45, 7) is 7.96. The predicted molar refractivity (Wildman–Crippen MR) is 74.0 cm³/mol. The van der Waals surface area contributed by atoms with Crippen molar-refractivity contribution >= 4 is 33.2 Å². The molecule has 2 nitrogen and oxygen atoms in total.